The summed E-state index contributed by atoms with van der Waals surface area (Å²) >= 11 is 0. The smallest absolute Gasteiger partial charge is 0.0826 e. The maximum absolute atomic E-state index is 6.02. The number of allylic oxidation sites excluding steroid dienone is 2. The molecular formula is C31H48O. The van der Waals surface area contributed by atoms with Crippen molar-refractivity contribution in [3.63, 3.8) is 0 Å². The van der Waals surface area contributed by atoms with Crippen LogP contribution in [0.25, 0.3) is 0 Å². The lowest BCUT2D eigenvalue weighted by atomic mass is 9.76. The Hall–Kier alpha value is -1.34. The largest absolute Gasteiger partial charge is 0.369 e. The van der Waals surface area contributed by atoms with Crippen molar-refractivity contribution in [1.29, 1.82) is 0 Å². The summed E-state index contributed by atoms with van der Waals surface area (Å²) in [5, 5.41) is 0. The zero-order valence-corrected chi connectivity index (χ0v) is 20.9. The van der Waals surface area contributed by atoms with Gasteiger partial charge in [-0.15, -0.1) is 6.58 Å². The first-order valence-electron chi connectivity index (χ1n) is 13.7. The van der Waals surface area contributed by atoms with Gasteiger partial charge in [-0.25, -0.2) is 0 Å². The molecule has 1 nitrogen and oxygen atoms in total. The van der Waals surface area contributed by atoms with Crippen LogP contribution >= 0.6 is 0 Å². The fourth-order valence-electron chi connectivity index (χ4n) is 6.06. The molecule has 0 radical (unpaired) electrons. The molecule has 2 fully saturated rings. The molecule has 0 bridgehead atoms. The van der Waals surface area contributed by atoms with Crippen LogP contribution in [-0.4, -0.2) is 6.61 Å². The standard InChI is InChI=1S/C31H48O/c1-4-7-24-32-31(6-3)30-22-20-29(21-23-30)28-18-16-27(17-19-28)11-9-8-10-26-14-12-25(5-2)13-15-26/h4-5,7,20-23,25-28,31H,2,6,8-19,24H2,1,3H3/b7-4+. The van der Waals surface area contributed by atoms with E-state index in [1.807, 2.05) is 6.92 Å². The van der Waals surface area contributed by atoms with Gasteiger partial charge in [0, 0.05) is 0 Å². The van der Waals surface area contributed by atoms with E-state index in [0.717, 1.165) is 30.1 Å². The van der Waals surface area contributed by atoms with Crippen molar-refractivity contribution >= 4 is 0 Å². The highest BCUT2D eigenvalue weighted by Crippen LogP contribution is 2.39. The summed E-state index contributed by atoms with van der Waals surface area (Å²) in [6.45, 7) is 8.94. The van der Waals surface area contributed by atoms with E-state index in [-0.39, 0.29) is 6.10 Å². The third kappa shape index (κ3) is 7.91. The minimum absolute atomic E-state index is 0.216. The van der Waals surface area contributed by atoms with E-state index in [1.165, 1.54) is 82.6 Å². The van der Waals surface area contributed by atoms with E-state index in [0.29, 0.717) is 6.61 Å². The van der Waals surface area contributed by atoms with Crippen molar-refractivity contribution in [3.05, 3.63) is 60.2 Å². The first-order valence-corrected chi connectivity index (χ1v) is 13.7. The van der Waals surface area contributed by atoms with Crippen LogP contribution < -0.4 is 0 Å². The minimum Gasteiger partial charge on any atom is -0.369 e. The van der Waals surface area contributed by atoms with Crippen LogP contribution in [0.1, 0.15) is 120 Å². The van der Waals surface area contributed by atoms with Crippen LogP contribution in [0.15, 0.2) is 49.1 Å². The predicted octanol–water partition coefficient (Wildman–Crippen LogP) is 9.56. The third-order valence-electron chi connectivity index (χ3n) is 8.33. The Bertz CT molecular complexity index is 656. The van der Waals surface area contributed by atoms with Crippen molar-refractivity contribution in [2.75, 3.05) is 6.61 Å². The van der Waals surface area contributed by atoms with Gasteiger partial charge in [-0.05, 0) is 99.5 Å². The first kappa shape index (κ1) is 25.3. The second kappa shape index (κ2) is 14.0. The van der Waals surface area contributed by atoms with Crippen molar-refractivity contribution in [2.45, 2.75) is 109 Å². The predicted molar refractivity (Wildman–Crippen MR) is 139 cm³/mol. The first-order chi connectivity index (χ1) is 15.7. The van der Waals surface area contributed by atoms with Gasteiger partial charge in [0.2, 0.25) is 0 Å². The molecule has 1 heteroatoms. The van der Waals surface area contributed by atoms with Gasteiger partial charge >= 0.3 is 0 Å². The molecule has 0 spiro atoms. The molecule has 2 aliphatic rings. The van der Waals surface area contributed by atoms with E-state index in [1.54, 1.807) is 5.56 Å². The molecule has 1 atom stereocenters. The average Bonchev–Trinajstić information content (AvgIpc) is 2.85. The summed E-state index contributed by atoms with van der Waals surface area (Å²) in [6.07, 6.45) is 24.7. The second-order valence-corrected chi connectivity index (χ2v) is 10.5. The molecular weight excluding hydrogens is 388 g/mol. The lowest BCUT2D eigenvalue weighted by Crippen LogP contribution is -2.14. The minimum atomic E-state index is 0.216. The molecule has 178 valence electrons. The van der Waals surface area contributed by atoms with Gasteiger partial charge in [-0.3, -0.25) is 0 Å². The van der Waals surface area contributed by atoms with Crippen LogP contribution in [0.3, 0.4) is 0 Å². The summed E-state index contributed by atoms with van der Waals surface area (Å²) in [4.78, 5) is 0. The van der Waals surface area contributed by atoms with Gasteiger partial charge in [-0.1, -0.05) is 75.1 Å². The number of hydrogen-bond donors (Lipinski definition) is 0. The molecule has 1 unspecified atom stereocenters. The summed E-state index contributed by atoms with van der Waals surface area (Å²) < 4.78 is 6.02. The second-order valence-electron chi connectivity index (χ2n) is 10.5. The Kier molecular flexibility index (Phi) is 11.1. The van der Waals surface area contributed by atoms with Crippen LogP contribution in [-0.2, 0) is 4.74 Å². The Morgan fingerprint density at radius 3 is 2.03 bits per heavy atom. The van der Waals surface area contributed by atoms with Crippen LogP contribution in [0.2, 0.25) is 0 Å². The Balaban J connectivity index is 1.33. The van der Waals surface area contributed by atoms with Gasteiger partial charge in [0.1, 0.15) is 0 Å². The van der Waals surface area contributed by atoms with Gasteiger partial charge in [-0.2, -0.15) is 0 Å². The number of hydrogen-bond acceptors (Lipinski definition) is 1. The number of ether oxygens (including phenoxy) is 1. The molecule has 2 aliphatic carbocycles. The SMILES string of the molecule is C=CC1CCC(CCCCC2CCC(c3ccc(C(CC)OC/C=C/C)cc3)CC2)CC1. The Labute approximate surface area is 198 Å². The van der Waals surface area contributed by atoms with E-state index in [2.05, 4.69) is 56.0 Å². The molecule has 1 aromatic carbocycles. The quantitative estimate of drug-likeness (QED) is 0.234. The van der Waals surface area contributed by atoms with Crippen molar-refractivity contribution in [1.82, 2.24) is 0 Å². The number of benzene rings is 1. The van der Waals surface area contributed by atoms with E-state index >= 15 is 0 Å². The number of rotatable bonds is 12. The molecule has 2 saturated carbocycles. The van der Waals surface area contributed by atoms with E-state index in [9.17, 15) is 0 Å². The van der Waals surface area contributed by atoms with Crippen molar-refractivity contribution in [3.8, 4) is 0 Å². The molecule has 0 aromatic heterocycles. The summed E-state index contributed by atoms with van der Waals surface area (Å²) in [6, 6.07) is 9.38. The molecule has 0 saturated heterocycles. The molecule has 1 aromatic rings. The highest BCUT2D eigenvalue weighted by atomic mass is 16.5. The van der Waals surface area contributed by atoms with Gasteiger partial charge in [0.25, 0.3) is 0 Å². The third-order valence-corrected chi connectivity index (χ3v) is 8.33. The zero-order valence-electron chi connectivity index (χ0n) is 20.9. The van der Waals surface area contributed by atoms with Gasteiger partial charge in [0.05, 0.1) is 12.7 Å². The normalized spacial score (nSPS) is 27.4. The maximum Gasteiger partial charge on any atom is 0.0826 e. The average molecular weight is 437 g/mol. The van der Waals surface area contributed by atoms with E-state index < -0.39 is 0 Å². The van der Waals surface area contributed by atoms with Crippen molar-refractivity contribution < 1.29 is 4.74 Å². The lowest BCUT2D eigenvalue weighted by molar-refractivity contribution is 0.0712. The van der Waals surface area contributed by atoms with Gasteiger partial charge in [0.15, 0.2) is 0 Å². The molecule has 0 heterocycles. The number of unbranched alkanes of at least 4 members (excludes halogenated alkanes) is 1. The maximum atomic E-state index is 6.02. The lowest BCUT2D eigenvalue weighted by Gasteiger charge is -2.29. The Morgan fingerprint density at radius 1 is 0.906 bits per heavy atom. The molecule has 32 heavy (non-hydrogen) atoms. The van der Waals surface area contributed by atoms with Crippen LogP contribution in [0.4, 0.5) is 0 Å². The highest BCUT2D eigenvalue weighted by molar-refractivity contribution is 5.27. The highest BCUT2D eigenvalue weighted by Gasteiger charge is 2.23. The molecule has 0 amide bonds. The topological polar surface area (TPSA) is 9.23 Å². The fourth-order valence-corrected chi connectivity index (χ4v) is 6.06. The van der Waals surface area contributed by atoms with Crippen molar-refractivity contribution in [2.24, 2.45) is 17.8 Å². The Morgan fingerprint density at radius 2 is 1.50 bits per heavy atom. The monoisotopic (exact) mass is 436 g/mol. The van der Waals surface area contributed by atoms with E-state index in [4.69, 9.17) is 4.74 Å². The summed E-state index contributed by atoms with van der Waals surface area (Å²) in [7, 11) is 0. The molecule has 0 N–H and O–H groups in total. The molecule has 3 rings (SSSR count). The van der Waals surface area contributed by atoms with Gasteiger partial charge < -0.3 is 4.74 Å². The summed E-state index contributed by atoms with van der Waals surface area (Å²) in [5.41, 5.74) is 2.87. The summed E-state index contributed by atoms with van der Waals surface area (Å²) in [5.74, 6) is 3.56. The molecule has 0 aliphatic heterocycles. The zero-order chi connectivity index (χ0) is 22.6. The fraction of sp³-hybridized carbons (Fsp3) is 0.677. The van der Waals surface area contributed by atoms with Crippen LogP contribution in [0, 0.1) is 17.8 Å². The van der Waals surface area contributed by atoms with Crippen LogP contribution in [0.5, 0.6) is 0 Å².